The molecule has 2 aromatic rings. The number of aryl methyl sites for hydroxylation is 1. The summed E-state index contributed by atoms with van der Waals surface area (Å²) in [5.41, 5.74) is 2.07. The Labute approximate surface area is 134 Å². The first-order valence-electron chi connectivity index (χ1n) is 7.42. The molecule has 0 saturated heterocycles. The van der Waals surface area contributed by atoms with Crippen molar-refractivity contribution < 1.29 is 4.79 Å². The molecular formula is C15H21N5OS. The van der Waals surface area contributed by atoms with Crippen molar-refractivity contribution in [3.8, 4) is 5.69 Å². The van der Waals surface area contributed by atoms with Gasteiger partial charge in [0, 0.05) is 25.3 Å². The molecule has 0 radical (unpaired) electrons. The first-order chi connectivity index (χ1) is 10.7. The Morgan fingerprint density at radius 3 is 2.68 bits per heavy atom. The van der Waals surface area contributed by atoms with Crippen LogP contribution in [0.2, 0.25) is 0 Å². The summed E-state index contributed by atoms with van der Waals surface area (Å²) in [5, 5.41) is 12.6. The highest BCUT2D eigenvalue weighted by atomic mass is 32.2. The highest BCUT2D eigenvalue weighted by Gasteiger charge is 2.13. The summed E-state index contributed by atoms with van der Waals surface area (Å²) in [6.07, 6.45) is 0.493. The van der Waals surface area contributed by atoms with E-state index in [0.717, 1.165) is 24.3 Å². The van der Waals surface area contributed by atoms with Crippen molar-refractivity contribution in [3.05, 3.63) is 29.8 Å². The lowest BCUT2D eigenvalue weighted by Crippen LogP contribution is -2.30. The zero-order valence-corrected chi connectivity index (χ0v) is 14.0. The first-order valence-corrected chi connectivity index (χ1v) is 8.40. The highest BCUT2D eigenvalue weighted by Crippen LogP contribution is 2.21. The Kier molecular flexibility index (Phi) is 5.94. The molecule has 6 nitrogen and oxygen atoms in total. The van der Waals surface area contributed by atoms with Gasteiger partial charge in [0.15, 0.2) is 0 Å². The third-order valence-electron chi connectivity index (χ3n) is 3.45. The van der Waals surface area contributed by atoms with Gasteiger partial charge in [-0.3, -0.25) is 4.79 Å². The largest absolute Gasteiger partial charge is 0.343 e. The van der Waals surface area contributed by atoms with Crippen LogP contribution < -0.4 is 0 Å². The summed E-state index contributed by atoms with van der Waals surface area (Å²) in [4.78, 5) is 13.8. The molecule has 1 heterocycles. The van der Waals surface area contributed by atoms with Gasteiger partial charge >= 0.3 is 0 Å². The van der Waals surface area contributed by atoms with Crippen molar-refractivity contribution >= 4 is 17.7 Å². The van der Waals surface area contributed by atoms with Crippen molar-refractivity contribution in [3.63, 3.8) is 0 Å². The van der Waals surface area contributed by atoms with Gasteiger partial charge in [0.25, 0.3) is 0 Å². The summed E-state index contributed by atoms with van der Waals surface area (Å²) in [6.45, 7) is 7.51. The van der Waals surface area contributed by atoms with Crippen molar-refractivity contribution in [1.29, 1.82) is 0 Å². The minimum Gasteiger partial charge on any atom is -0.343 e. The Bertz CT molecular complexity index is 624. The molecule has 0 N–H and O–H groups in total. The van der Waals surface area contributed by atoms with E-state index in [0.29, 0.717) is 17.3 Å². The van der Waals surface area contributed by atoms with Gasteiger partial charge in [0.2, 0.25) is 11.1 Å². The van der Waals surface area contributed by atoms with Gasteiger partial charge in [-0.15, -0.1) is 5.10 Å². The molecule has 0 aliphatic carbocycles. The smallest absolute Gasteiger partial charge is 0.223 e. The number of rotatable bonds is 7. The fraction of sp³-hybridized carbons (Fsp3) is 0.467. The molecule has 0 atom stereocenters. The average molecular weight is 319 g/mol. The molecule has 0 aliphatic rings. The molecule has 0 saturated carbocycles. The monoisotopic (exact) mass is 319 g/mol. The maximum absolute atomic E-state index is 12.0. The number of hydrogen-bond donors (Lipinski definition) is 0. The van der Waals surface area contributed by atoms with Gasteiger partial charge in [-0.2, -0.15) is 4.68 Å². The van der Waals surface area contributed by atoms with Crippen LogP contribution in [0.25, 0.3) is 5.69 Å². The molecule has 2 rings (SSSR count). The van der Waals surface area contributed by atoms with Crippen LogP contribution in [-0.4, -0.2) is 49.9 Å². The lowest BCUT2D eigenvalue weighted by Gasteiger charge is -2.18. The third-order valence-corrected chi connectivity index (χ3v) is 4.37. The zero-order valence-electron chi connectivity index (χ0n) is 13.2. The number of aromatic nitrogens is 4. The van der Waals surface area contributed by atoms with Crippen LogP contribution in [0.15, 0.2) is 29.4 Å². The summed E-state index contributed by atoms with van der Waals surface area (Å²) < 4.78 is 1.72. The number of carbonyl (C=O) groups is 1. The van der Waals surface area contributed by atoms with E-state index in [2.05, 4.69) is 15.5 Å². The predicted molar refractivity (Wildman–Crippen MR) is 87.2 cm³/mol. The van der Waals surface area contributed by atoms with Crippen LogP contribution in [0, 0.1) is 6.92 Å². The molecule has 7 heteroatoms. The molecule has 118 valence electrons. The molecular weight excluding hydrogens is 298 g/mol. The zero-order chi connectivity index (χ0) is 15.9. The standard InChI is InChI=1S/C15H21N5OS/c1-4-19(5-2)14(21)10-11-22-15-16-17-18-20(15)13-9-7-6-8-12(13)3/h6-9H,4-5,10-11H2,1-3H3. The second-order valence-corrected chi connectivity index (χ2v) is 5.89. The predicted octanol–water partition coefficient (Wildman–Crippen LogP) is 2.32. The van der Waals surface area contributed by atoms with E-state index in [1.807, 2.05) is 49.9 Å². The number of benzene rings is 1. The van der Waals surface area contributed by atoms with Gasteiger partial charge in [-0.1, -0.05) is 30.0 Å². The van der Waals surface area contributed by atoms with E-state index in [1.165, 1.54) is 11.8 Å². The SMILES string of the molecule is CCN(CC)C(=O)CCSc1nnnn1-c1ccccc1C. The van der Waals surface area contributed by atoms with Crippen LogP contribution >= 0.6 is 11.8 Å². The lowest BCUT2D eigenvalue weighted by molar-refractivity contribution is -0.130. The van der Waals surface area contributed by atoms with Crippen LogP contribution in [-0.2, 0) is 4.79 Å². The number of nitrogens with zero attached hydrogens (tertiary/aromatic N) is 5. The minimum absolute atomic E-state index is 0.174. The quantitative estimate of drug-likeness (QED) is 0.733. The summed E-state index contributed by atoms with van der Waals surface area (Å²) in [6, 6.07) is 7.95. The number of carbonyl (C=O) groups excluding carboxylic acids is 1. The maximum Gasteiger partial charge on any atom is 0.223 e. The van der Waals surface area contributed by atoms with E-state index in [-0.39, 0.29) is 5.91 Å². The van der Waals surface area contributed by atoms with Crippen molar-refractivity contribution in [1.82, 2.24) is 25.1 Å². The van der Waals surface area contributed by atoms with Gasteiger partial charge < -0.3 is 4.90 Å². The molecule has 22 heavy (non-hydrogen) atoms. The molecule has 1 amide bonds. The highest BCUT2D eigenvalue weighted by molar-refractivity contribution is 7.99. The number of tetrazole rings is 1. The van der Waals surface area contributed by atoms with E-state index >= 15 is 0 Å². The van der Waals surface area contributed by atoms with Crippen molar-refractivity contribution in [2.45, 2.75) is 32.3 Å². The normalized spacial score (nSPS) is 10.7. The number of para-hydroxylation sites is 1. The maximum atomic E-state index is 12.0. The molecule has 1 aromatic carbocycles. The molecule has 0 fully saturated rings. The average Bonchev–Trinajstić information content (AvgIpc) is 2.97. The van der Waals surface area contributed by atoms with Gasteiger partial charge in [-0.25, -0.2) is 0 Å². The Morgan fingerprint density at radius 2 is 2.00 bits per heavy atom. The topological polar surface area (TPSA) is 63.9 Å². The molecule has 0 aliphatic heterocycles. The van der Waals surface area contributed by atoms with Crippen LogP contribution in [0.4, 0.5) is 0 Å². The molecule has 1 aromatic heterocycles. The number of thioether (sulfide) groups is 1. The lowest BCUT2D eigenvalue weighted by atomic mass is 10.2. The van der Waals surface area contributed by atoms with E-state index < -0.39 is 0 Å². The van der Waals surface area contributed by atoms with Crippen molar-refractivity contribution in [2.75, 3.05) is 18.8 Å². The van der Waals surface area contributed by atoms with E-state index in [4.69, 9.17) is 0 Å². The summed E-state index contributed by atoms with van der Waals surface area (Å²) in [5.74, 6) is 0.842. The van der Waals surface area contributed by atoms with Gasteiger partial charge in [-0.05, 0) is 42.8 Å². The molecule has 0 unspecified atom stereocenters. The Morgan fingerprint density at radius 1 is 1.27 bits per heavy atom. The fourth-order valence-corrected chi connectivity index (χ4v) is 3.00. The van der Waals surface area contributed by atoms with Crippen LogP contribution in [0.5, 0.6) is 0 Å². The Balaban J connectivity index is 2.00. The summed E-state index contributed by atoms with van der Waals surface area (Å²) >= 11 is 1.50. The van der Waals surface area contributed by atoms with E-state index in [9.17, 15) is 4.79 Å². The number of hydrogen-bond acceptors (Lipinski definition) is 5. The first kappa shape index (κ1) is 16.5. The van der Waals surface area contributed by atoms with Gasteiger partial charge in [0.05, 0.1) is 5.69 Å². The van der Waals surface area contributed by atoms with Crippen LogP contribution in [0.1, 0.15) is 25.8 Å². The number of amides is 1. The second-order valence-electron chi connectivity index (χ2n) is 4.82. The fourth-order valence-electron chi connectivity index (χ4n) is 2.19. The van der Waals surface area contributed by atoms with E-state index in [1.54, 1.807) is 4.68 Å². The van der Waals surface area contributed by atoms with Crippen molar-refractivity contribution in [2.24, 2.45) is 0 Å². The van der Waals surface area contributed by atoms with Crippen LogP contribution in [0.3, 0.4) is 0 Å². The molecule has 0 bridgehead atoms. The molecule has 0 spiro atoms. The third kappa shape index (κ3) is 3.85. The Hall–Kier alpha value is -1.89. The minimum atomic E-state index is 0.174. The second kappa shape index (κ2) is 7.93. The summed E-state index contributed by atoms with van der Waals surface area (Å²) in [7, 11) is 0. The van der Waals surface area contributed by atoms with Gasteiger partial charge in [0.1, 0.15) is 0 Å².